The third-order valence-corrected chi connectivity index (χ3v) is 0. The summed E-state index contributed by atoms with van der Waals surface area (Å²) in [5, 5.41) is 0. The Kier molecular flexibility index (Phi) is 161. The van der Waals surface area contributed by atoms with Gasteiger partial charge in [0.15, 0.2) is 0 Å². The molecule has 0 aliphatic carbocycles. The van der Waals surface area contributed by atoms with Crippen molar-refractivity contribution in [1.29, 1.82) is 0 Å². The van der Waals surface area contributed by atoms with Gasteiger partial charge < -0.3 is 5.71 Å². The predicted octanol–water partition coefficient (Wildman–Crippen LogP) is -5.08. The van der Waals surface area contributed by atoms with Gasteiger partial charge in [-0.15, -0.1) is 24.8 Å². The van der Waals surface area contributed by atoms with Crippen LogP contribution >= 0.6 is 24.8 Å². The molecule has 0 aliphatic heterocycles. The van der Waals surface area contributed by atoms with Crippen LogP contribution in [0.15, 0.2) is 0 Å². The van der Waals surface area contributed by atoms with Gasteiger partial charge in [-0.2, -0.15) is 0 Å². The summed E-state index contributed by atoms with van der Waals surface area (Å²) in [6.45, 7) is 0. The second kappa shape index (κ2) is 23.6. The number of hydrogen-bond acceptors (Lipinski definition) is 0. The Morgan fingerprint density at radius 2 is 1.00 bits per heavy atom. The third kappa shape index (κ3) is 17.7. The first-order valence-corrected chi connectivity index (χ1v) is 0. The first kappa shape index (κ1) is 34.0. The molecule has 0 spiro atoms. The van der Waals surface area contributed by atoms with Gasteiger partial charge in [0, 0.05) is 0 Å². The second-order valence-electron chi connectivity index (χ2n) is 0. The zero-order valence-corrected chi connectivity index (χ0v) is 12.5. The molecule has 0 heterocycles. The number of hydrogen-bond donors (Lipinski definition) is 0. The molecule has 0 aromatic heterocycles. The van der Waals surface area contributed by atoms with Crippen LogP contribution < -0.4 is 80.9 Å². The van der Waals surface area contributed by atoms with E-state index in [1.54, 1.807) is 0 Å². The SMILES string of the molecule is Cl.Cl.[Ca+2].[H-].[H-].[H-].[H-].[K+].[Na+]. The number of rotatable bonds is 0. The molecule has 0 rings (SSSR count). The molecule has 24 valence electrons. The van der Waals surface area contributed by atoms with Gasteiger partial charge in [0.2, 0.25) is 0 Å². The van der Waals surface area contributed by atoms with Gasteiger partial charge >= 0.3 is 119 Å². The van der Waals surface area contributed by atoms with Crippen LogP contribution in [0.25, 0.3) is 0 Å². The van der Waals surface area contributed by atoms with Crippen molar-refractivity contribution in [3.8, 4) is 0 Å². The Morgan fingerprint density at radius 3 is 1.00 bits per heavy atom. The van der Waals surface area contributed by atoms with Crippen molar-refractivity contribution in [2.75, 3.05) is 0 Å². The van der Waals surface area contributed by atoms with E-state index in [9.17, 15) is 0 Å². The summed E-state index contributed by atoms with van der Waals surface area (Å²) in [5.74, 6) is 0. The Hall–Kier alpha value is 4.48. The van der Waals surface area contributed by atoms with E-state index < -0.39 is 0 Å². The van der Waals surface area contributed by atoms with Crippen LogP contribution in [0.5, 0.6) is 0 Å². The molecule has 0 unspecified atom stereocenters. The maximum absolute atomic E-state index is 0. The molecule has 5 heteroatoms. The van der Waals surface area contributed by atoms with Gasteiger partial charge in [0.05, 0.1) is 0 Å². The molecule has 0 atom stereocenters. The van der Waals surface area contributed by atoms with E-state index in [1.165, 1.54) is 0 Å². The van der Waals surface area contributed by atoms with E-state index in [-0.39, 0.29) is 149 Å². The zero-order valence-electron chi connectivity index (χ0n) is 7.52. The van der Waals surface area contributed by atoms with Crippen molar-refractivity contribution in [1.82, 2.24) is 0 Å². The van der Waals surface area contributed by atoms with Crippen molar-refractivity contribution < 1.29 is 86.6 Å². The minimum absolute atomic E-state index is 0. The Balaban J connectivity index is 0. The molecule has 0 aromatic carbocycles. The topological polar surface area (TPSA) is 0 Å². The van der Waals surface area contributed by atoms with Crippen LogP contribution in [0.2, 0.25) is 0 Å². The van der Waals surface area contributed by atoms with Crippen LogP contribution in [-0.4, -0.2) is 37.7 Å². The summed E-state index contributed by atoms with van der Waals surface area (Å²) in [6, 6.07) is 0. The standard InChI is InChI=1S/Ca.2ClH.K.Na.4H/h;2*1H;;;;;;/q+2;;;2*+1;4*-1. The van der Waals surface area contributed by atoms with Crippen molar-refractivity contribution in [3.63, 3.8) is 0 Å². The minimum atomic E-state index is 0. The maximum Gasteiger partial charge on any atom is 2.00 e. The van der Waals surface area contributed by atoms with Crippen LogP contribution in [0.3, 0.4) is 0 Å². The monoisotopic (exact) mass is 178 g/mol. The van der Waals surface area contributed by atoms with Gasteiger partial charge in [0.1, 0.15) is 0 Å². The summed E-state index contributed by atoms with van der Waals surface area (Å²) >= 11 is 0. The quantitative estimate of drug-likeness (QED) is 0.326. The summed E-state index contributed by atoms with van der Waals surface area (Å²) < 4.78 is 0. The van der Waals surface area contributed by atoms with Gasteiger partial charge in [-0.1, -0.05) is 0 Å². The van der Waals surface area contributed by atoms with Gasteiger partial charge in [-0.25, -0.2) is 0 Å². The second-order valence-corrected chi connectivity index (χ2v) is 0. The van der Waals surface area contributed by atoms with E-state index >= 15 is 0 Å². The fourth-order valence-electron chi connectivity index (χ4n) is 0. The molecule has 0 nitrogen and oxygen atoms in total. The van der Waals surface area contributed by atoms with Gasteiger partial charge in [-0.3, -0.25) is 0 Å². The molecule has 0 aromatic rings. The largest absolute Gasteiger partial charge is 2.00 e. The first-order valence-electron chi connectivity index (χ1n) is 0. The number of halogens is 2. The Labute approximate surface area is 145 Å². The molecule has 0 radical (unpaired) electrons. The summed E-state index contributed by atoms with van der Waals surface area (Å²) in [4.78, 5) is 0. The predicted molar refractivity (Wildman–Crippen MR) is 24.7 cm³/mol. The summed E-state index contributed by atoms with van der Waals surface area (Å²) in [7, 11) is 0. The van der Waals surface area contributed by atoms with Crippen LogP contribution in [0.4, 0.5) is 0 Å². The van der Waals surface area contributed by atoms with E-state index in [1.807, 2.05) is 0 Å². The molecule has 0 bridgehead atoms. The van der Waals surface area contributed by atoms with Crippen molar-refractivity contribution in [3.05, 3.63) is 0 Å². The molecule has 0 fully saturated rings. The molecule has 0 amide bonds. The minimum Gasteiger partial charge on any atom is -1.00 e. The normalized spacial score (nSPS) is 0. The summed E-state index contributed by atoms with van der Waals surface area (Å²) in [6.07, 6.45) is 0. The smallest absolute Gasteiger partial charge is 1.00 e. The molecule has 0 N–H and O–H groups in total. The van der Waals surface area contributed by atoms with E-state index in [0.29, 0.717) is 0 Å². The molecular formula is H6CaCl2KNa. The zero-order chi connectivity index (χ0) is 0. The molecule has 5 heavy (non-hydrogen) atoms. The fourth-order valence-corrected chi connectivity index (χ4v) is 0. The molecule has 0 saturated heterocycles. The average Bonchev–Trinajstić information content (AvgIpc) is 0. The molecule has 0 saturated carbocycles. The maximum atomic E-state index is 0. The van der Waals surface area contributed by atoms with Gasteiger partial charge in [0.25, 0.3) is 0 Å². The van der Waals surface area contributed by atoms with E-state index in [2.05, 4.69) is 0 Å². The van der Waals surface area contributed by atoms with Crippen molar-refractivity contribution in [2.45, 2.75) is 0 Å². The molecular weight excluding hydrogens is 173 g/mol. The Bertz CT molecular complexity index is 18.5. The van der Waals surface area contributed by atoms with E-state index in [4.69, 9.17) is 0 Å². The van der Waals surface area contributed by atoms with Crippen molar-refractivity contribution >= 4 is 62.6 Å². The fraction of sp³-hybridized carbons (Fsp3) is 0. The Morgan fingerprint density at radius 1 is 1.00 bits per heavy atom. The third-order valence-electron chi connectivity index (χ3n) is 0. The van der Waals surface area contributed by atoms with Crippen LogP contribution in [0.1, 0.15) is 5.71 Å². The molecule has 0 aliphatic rings. The van der Waals surface area contributed by atoms with Crippen LogP contribution in [-0.2, 0) is 0 Å². The first-order chi connectivity index (χ1) is 0. The van der Waals surface area contributed by atoms with Crippen LogP contribution in [0, 0.1) is 0 Å². The summed E-state index contributed by atoms with van der Waals surface area (Å²) in [5.41, 5.74) is 0. The van der Waals surface area contributed by atoms with E-state index in [0.717, 1.165) is 0 Å². The van der Waals surface area contributed by atoms with Gasteiger partial charge in [-0.05, 0) is 0 Å². The average molecular weight is 179 g/mol. The van der Waals surface area contributed by atoms with Crippen molar-refractivity contribution in [2.24, 2.45) is 0 Å².